The average Bonchev–Trinajstić information content (AvgIpc) is 3.21. The molecule has 0 heterocycles. The number of halogens is 1. The summed E-state index contributed by atoms with van der Waals surface area (Å²) in [4.78, 5) is 0.297. The monoisotopic (exact) mass is 379 g/mol. The van der Waals surface area contributed by atoms with Crippen LogP contribution in [0.15, 0.2) is 53.4 Å². The van der Waals surface area contributed by atoms with Gasteiger partial charge in [0.1, 0.15) is 0 Å². The van der Waals surface area contributed by atoms with Gasteiger partial charge in [-0.05, 0) is 43.7 Å². The molecule has 0 saturated heterocycles. The lowest BCUT2D eigenvalue weighted by molar-refractivity contribution is 0.125. The second-order valence-electron chi connectivity index (χ2n) is 6.56. The molecule has 0 aromatic heterocycles. The first-order chi connectivity index (χ1) is 11.8. The molecule has 0 bridgehead atoms. The molecule has 1 aliphatic carbocycles. The maximum atomic E-state index is 13.2. The summed E-state index contributed by atoms with van der Waals surface area (Å²) in [6, 6.07) is 14.1. The highest BCUT2D eigenvalue weighted by molar-refractivity contribution is 7.92. The Hall–Kier alpha value is -1.40. The molecule has 0 unspecified atom stereocenters. The van der Waals surface area contributed by atoms with E-state index in [0.29, 0.717) is 16.5 Å². The van der Waals surface area contributed by atoms with Gasteiger partial charge in [0.05, 0.1) is 22.3 Å². The Bertz CT molecular complexity index is 849. The number of hydrogen-bond donors (Lipinski definition) is 1. The van der Waals surface area contributed by atoms with Crippen LogP contribution in [0.25, 0.3) is 0 Å². The van der Waals surface area contributed by atoms with Crippen LogP contribution in [0.2, 0.25) is 5.02 Å². The number of sulfone groups is 1. The Balaban J connectivity index is 1.99. The van der Waals surface area contributed by atoms with E-state index in [2.05, 4.69) is 0 Å². The summed E-state index contributed by atoms with van der Waals surface area (Å²) in [6.07, 6.45) is 0. The molecule has 4 nitrogen and oxygen atoms in total. The molecule has 3 rings (SSSR count). The molecule has 0 amide bonds. The predicted molar refractivity (Wildman–Crippen MR) is 99.8 cm³/mol. The highest BCUT2D eigenvalue weighted by atomic mass is 35.5. The van der Waals surface area contributed by atoms with E-state index in [1.807, 2.05) is 26.0 Å². The second kappa shape index (κ2) is 6.72. The number of rotatable bonds is 6. The molecule has 0 radical (unpaired) electrons. The van der Waals surface area contributed by atoms with Gasteiger partial charge in [0.25, 0.3) is 0 Å². The molecule has 1 fully saturated rings. The Morgan fingerprint density at radius 1 is 1.12 bits per heavy atom. The highest BCUT2D eigenvalue weighted by Gasteiger charge is 2.69. The Labute approximate surface area is 153 Å². The number of ether oxygens (including phenoxy) is 1. The topological polar surface area (TPSA) is 69.4 Å². The van der Waals surface area contributed by atoms with E-state index >= 15 is 0 Å². The highest BCUT2D eigenvalue weighted by Crippen LogP contribution is 2.55. The molecular weight excluding hydrogens is 358 g/mol. The van der Waals surface area contributed by atoms with E-state index in [0.717, 1.165) is 11.1 Å². The van der Waals surface area contributed by atoms with E-state index in [9.17, 15) is 8.42 Å². The smallest absolute Gasteiger partial charge is 0.183 e. The first-order valence-corrected chi connectivity index (χ1v) is 10.2. The molecule has 0 aliphatic heterocycles. The summed E-state index contributed by atoms with van der Waals surface area (Å²) < 4.78 is 31.8. The van der Waals surface area contributed by atoms with Crippen molar-refractivity contribution in [3.05, 3.63) is 64.7 Å². The quantitative estimate of drug-likeness (QED) is 0.835. The van der Waals surface area contributed by atoms with Crippen molar-refractivity contribution in [1.29, 1.82) is 0 Å². The van der Waals surface area contributed by atoms with Crippen molar-refractivity contribution in [3.63, 3.8) is 0 Å². The third-order valence-corrected chi connectivity index (χ3v) is 7.33. The van der Waals surface area contributed by atoms with Crippen molar-refractivity contribution in [2.24, 2.45) is 5.73 Å². The zero-order valence-corrected chi connectivity index (χ0v) is 15.8. The van der Waals surface area contributed by atoms with Crippen LogP contribution >= 0.6 is 11.6 Å². The fraction of sp³-hybridized carbons (Fsp3) is 0.368. The number of benzene rings is 2. The molecule has 2 aromatic rings. The van der Waals surface area contributed by atoms with Gasteiger partial charge in [-0.2, -0.15) is 0 Å². The maximum Gasteiger partial charge on any atom is 0.183 e. The summed E-state index contributed by atoms with van der Waals surface area (Å²) in [5.74, 6) is -0.317. The second-order valence-corrected chi connectivity index (χ2v) is 9.06. The van der Waals surface area contributed by atoms with Crippen molar-refractivity contribution in [1.82, 2.24) is 0 Å². The Morgan fingerprint density at radius 3 is 2.28 bits per heavy atom. The van der Waals surface area contributed by atoms with Crippen LogP contribution in [-0.2, 0) is 14.6 Å². The van der Waals surface area contributed by atoms with Crippen molar-refractivity contribution in [2.45, 2.75) is 35.4 Å². The SMILES string of the molecule is CCOC[C@@]1(N)[C@@H](c2ccc(Cl)cc2)[C@@H]1S(=O)(=O)c1ccc(C)cc1. The van der Waals surface area contributed by atoms with Gasteiger partial charge in [0, 0.05) is 17.5 Å². The van der Waals surface area contributed by atoms with Gasteiger partial charge in [-0.1, -0.05) is 41.4 Å². The molecule has 134 valence electrons. The van der Waals surface area contributed by atoms with Crippen LogP contribution in [0.3, 0.4) is 0 Å². The van der Waals surface area contributed by atoms with Gasteiger partial charge in [0.15, 0.2) is 9.84 Å². The minimum atomic E-state index is -3.57. The summed E-state index contributed by atoms with van der Waals surface area (Å²) in [5.41, 5.74) is 7.45. The van der Waals surface area contributed by atoms with Crippen molar-refractivity contribution in [2.75, 3.05) is 13.2 Å². The standard InChI is InChI=1S/C19H22ClNO3S/c1-3-24-12-19(21)17(14-6-8-15(20)9-7-14)18(19)25(22,23)16-10-4-13(2)5-11-16/h4-11,17-18H,3,12,21H2,1-2H3/t17-,18-,19+/m0/s1. The summed E-state index contributed by atoms with van der Waals surface area (Å²) >= 11 is 5.95. The first-order valence-electron chi connectivity index (χ1n) is 8.23. The zero-order chi connectivity index (χ0) is 18.2. The molecule has 0 spiro atoms. The van der Waals surface area contributed by atoms with Crippen LogP contribution in [0.4, 0.5) is 0 Å². The fourth-order valence-corrected chi connectivity index (χ4v) is 5.79. The molecule has 1 saturated carbocycles. The van der Waals surface area contributed by atoms with Gasteiger partial charge >= 0.3 is 0 Å². The van der Waals surface area contributed by atoms with Gasteiger partial charge in [-0.25, -0.2) is 8.42 Å². The van der Waals surface area contributed by atoms with Crippen molar-refractivity contribution >= 4 is 21.4 Å². The number of hydrogen-bond acceptors (Lipinski definition) is 4. The van der Waals surface area contributed by atoms with Crippen LogP contribution in [0, 0.1) is 6.92 Å². The van der Waals surface area contributed by atoms with Crippen LogP contribution in [0.1, 0.15) is 24.0 Å². The molecule has 6 heteroatoms. The molecular formula is C19H22ClNO3S. The minimum absolute atomic E-state index is 0.201. The van der Waals surface area contributed by atoms with Gasteiger partial charge in [-0.15, -0.1) is 0 Å². The average molecular weight is 380 g/mol. The van der Waals surface area contributed by atoms with Gasteiger partial charge in [0.2, 0.25) is 0 Å². The predicted octanol–water partition coefficient (Wildman–Crippen LogP) is 3.32. The summed E-state index contributed by atoms with van der Waals surface area (Å²) in [5, 5.41) is -0.106. The summed E-state index contributed by atoms with van der Waals surface area (Å²) in [7, 11) is -3.57. The van der Waals surface area contributed by atoms with Crippen molar-refractivity contribution in [3.8, 4) is 0 Å². The summed E-state index contributed by atoms with van der Waals surface area (Å²) in [6.45, 7) is 4.48. The zero-order valence-electron chi connectivity index (χ0n) is 14.3. The molecule has 2 N–H and O–H groups in total. The molecule has 25 heavy (non-hydrogen) atoms. The largest absolute Gasteiger partial charge is 0.380 e. The molecule has 2 aromatic carbocycles. The first kappa shape index (κ1) is 18.4. The minimum Gasteiger partial charge on any atom is -0.380 e. The van der Waals surface area contributed by atoms with Gasteiger partial charge in [-0.3, -0.25) is 0 Å². The Kier molecular flexibility index (Phi) is 4.95. The third kappa shape index (κ3) is 3.34. The molecule has 1 aliphatic rings. The normalized spacial score (nSPS) is 25.8. The van der Waals surface area contributed by atoms with Crippen LogP contribution in [-0.4, -0.2) is 32.4 Å². The lowest BCUT2D eigenvalue weighted by atomic mass is 10.1. The van der Waals surface area contributed by atoms with E-state index in [4.69, 9.17) is 22.1 Å². The van der Waals surface area contributed by atoms with E-state index in [1.54, 1.807) is 36.4 Å². The van der Waals surface area contributed by atoms with E-state index in [-0.39, 0.29) is 12.5 Å². The Morgan fingerprint density at radius 2 is 1.72 bits per heavy atom. The lowest BCUT2D eigenvalue weighted by Gasteiger charge is -2.12. The third-order valence-electron chi connectivity index (χ3n) is 4.77. The van der Waals surface area contributed by atoms with Crippen LogP contribution in [0.5, 0.6) is 0 Å². The van der Waals surface area contributed by atoms with Gasteiger partial charge < -0.3 is 10.5 Å². The number of aryl methyl sites for hydroxylation is 1. The number of nitrogens with two attached hydrogens (primary N) is 1. The van der Waals surface area contributed by atoms with E-state index < -0.39 is 20.6 Å². The molecule has 3 atom stereocenters. The van der Waals surface area contributed by atoms with Crippen LogP contribution < -0.4 is 5.73 Å². The van der Waals surface area contributed by atoms with Crippen molar-refractivity contribution < 1.29 is 13.2 Å². The maximum absolute atomic E-state index is 13.2. The lowest BCUT2D eigenvalue weighted by Crippen LogP contribution is -2.36. The van der Waals surface area contributed by atoms with E-state index in [1.165, 1.54) is 0 Å². The fourth-order valence-electron chi connectivity index (χ4n) is 3.37.